The number of para-hydroxylation sites is 1. The van der Waals surface area contributed by atoms with Gasteiger partial charge in [-0.15, -0.1) is 0 Å². The average Bonchev–Trinajstić information content (AvgIpc) is 3.70. The molecule has 1 saturated heterocycles. The van der Waals surface area contributed by atoms with Crippen LogP contribution in [0.25, 0.3) is 6.08 Å². The van der Waals surface area contributed by atoms with Crippen molar-refractivity contribution in [3.63, 3.8) is 0 Å². The molecule has 4 heterocycles. The maximum atomic E-state index is 14.7. The predicted octanol–water partition coefficient (Wildman–Crippen LogP) is 5.54. The lowest BCUT2D eigenvalue weighted by molar-refractivity contribution is -0.122. The Kier molecular flexibility index (Phi) is 5.19. The summed E-state index contributed by atoms with van der Waals surface area (Å²) in [7, 11) is 0. The summed E-state index contributed by atoms with van der Waals surface area (Å²) >= 11 is 0. The first-order valence-electron chi connectivity index (χ1n) is 13.7. The van der Waals surface area contributed by atoms with Crippen molar-refractivity contribution in [1.29, 1.82) is 0 Å². The summed E-state index contributed by atoms with van der Waals surface area (Å²) in [6, 6.07) is 23.5. The summed E-state index contributed by atoms with van der Waals surface area (Å²) in [5.74, 6) is -1.77. The van der Waals surface area contributed by atoms with E-state index in [-0.39, 0.29) is 24.0 Å². The van der Waals surface area contributed by atoms with Crippen molar-refractivity contribution in [1.82, 2.24) is 4.90 Å². The number of amides is 1. The van der Waals surface area contributed by atoms with Crippen molar-refractivity contribution in [2.75, 3.05) is 12.1 Å². The molecule has 4 aromatic carbocycles. The fourth-order valence-electron chi connectivity index (χ4n) is 7.18. The van der Waals surface area contributed by atoms with E-state index in [1.54, 1.807) is 18.2 Å². The van der Waals surface area contributed by atoms with E-state index in [1.165, 1.54) is 24.3 Å². The molecule has 1 spiro atoms. The molecule has 0 unspecified atom stereocenters. The van der Waals surface area contributed by atoms with Crippen LogP contribution in [0.15, 0.2) is 97.2 Å². The molecule has 0 aromatic heterocycles. The predicted molar refractivity (Wildman–Crippen MR) is 152 cm³/mol. The van der Waals surface area contributed by atoms with Gasteiger partial charge in [0.25, 0.3) is 0 Å². The highest BCUT2D eigenvalue weighted by atomic mass is 19.1. The molecule has 7 nitrogen and oxygen atoms in total. The first-order chi connectivity index (χ1) is 20.5. The molecule has 0 saturated carbocycles. The molecule has 1 amide bonds. The zero-order valence-electron chi connectivity index (χ0n) is 22.1. The number of fused-ring (bicyclic) bond motifs is 7. The Morgan fingerprint density at radius 2 is 1.60 bits per heavy atom. The van der Waals surface area contributed by atoms with Gasteiger partial charge in [0.1, 0.15) is 17.3 Å². The fourth-order valence-corrected chi connectivity index (χ4v) is 7.18. The molecular weight excluding hydrogens is 535 g/mol. The maximum absolute atomic E-state index is 14.7. The van der Waals surface area contributed by atoms with Crippen LogP contribution in [0.3, 0.4) is 0 Å². The first kappa shape index (κ1) is 24.5. The second-order valence-electron chi connectivity index (χ2n) is 10.9. The minimum atomic E-state index is -1.46. The molecule has 0 aliphatic carbocycles. The van der Waals surface area contributed by atoms with Crippen LogP contribution in [0.4, 0.5) is 10.1 Å². The highest BCUT2D eigenvalue weighted by Crippen LogP contribution is 2.62. The molecule has 8 rings (SSSR count). The van der Waals surface area contributed by atoms with E-state index in [0.717, 1.165) is 11.1 Å². The van der Waals surface area contributed by atoms with E-state index >= 15 is 0 Å². The number of anilines is 1. The number of carbonyl (C=O) groups is 3. The summed E-state index contributed by atoms with van der Waals surface area (Å²) in [6.45, 7) is 0.0515. The molecule has 0 bridgehead atoms. The number of nitrogens with one attached hydrogen (secondary N) is 1. The molecule has 8 heteroatoms. The second kappa shape index (κ2) is 8.88. The number of halogens is 1. The molecule has 4 aromatic rings. The zero-order valence-corrected chi connectivity index (χ0v) is 22.1. The van der Waals surface area contributed by atoms with Crippen LogP contribution in [-0.2, 0) is 10.2 Å². The maximum Gasteiger partial charge on any atom is 0.238 e. The number of hydrogen-bond acceptors (Lipinski definition) is 6. The van der Waals surface area contributed by atoms with Crippen LogP contribution in [0.1, 0.15) is 43.4 Å². The topological polar surface area (TPSA) is 84.9 Å². The van der Waals surface area contributed by atoms with Gasteiger partial charge in [-0.2, -0.15) is 0 Å². The monoisotopic (exact) mass is 558 g/mol. The molecule has 4 aliphatic rings. The number of carbonyl (C=O) groups excluding carboxylic acids is 3. The van der Waals surface area contributed by atoms with Crippen molar-refractivity contribution in [2.45, 2.75) is 17.5 Å². The van der Waals surface area contributed by atoms with Gasteiger partial charge in [-0.1, -0.05) is 42.5 Å². The van der Waals surface area contributed by atoms with Crippen LogP contribution >= 0.6 is 0 Å². The SMILES string of the molecule is O=C(c1ccc2c(c1)OCO2)[C@@H]1[C@H](C(=O)c2ccc(F)cc2)[C@@]2(C(=O)Nc3ccccc32)[C@H]2c3ccccc3C=CN12. The summed E-state index contributed by atoms with van der Waals surface area (Å²) < 4.78 is 24.9. The van der Waals surface area contributed by atoms with Gasteiger partial charge in [0.05, 0.1) is 12.0 Å². The number of benzene rings is 4. The van der Waals surface area contributed by atoms with Gasteiger partial charge in [0.15, 0.2) is 23.1 Å². The lowest BCUT2D eigenvalue weighted by Gasteiger charge is -2.38. The summed E-state index contributed by atoms with van der Waals surface area (Å²) in [6.07, 6.45) is 3.72. The summed E-state index contributed by atoms with van der Waals surface area (Å²) in [5.41, 5.74) is 2.08. The first-order valence-corrected chi connectivity index (χ1v) is 13.7. The Balaban J connectivity index is 1.40. The Morgan fingerprint density at radius 1 is 0.857 bits per heavy atom. The van der Waals surface area contributed by atoms with E-state index in [2.05, 4.69) is 5.32 Å². The van der Waals surface area contributed by atoms with Gasteiger partial charge in [0.2, 0.25) is 12.7 Å². The van der Waals surface area contributed by atoms with Crippen molar-refractivity contribution < 1.29 is 28.2 Å². The Hall–Kier alpha value is -5.24. The number of Topliss-reactive ketones (excluding diaryl/α,β-unsaturated/α-hetero) is 2. The van der Waals surface area contributed by atoms with Crippen LogP contribution in [-0.4, -0.2) is 35.2 Å². The lowest BCUT2D eigenvalue weighted by atomic mass is 9.62. The van der Waals surface area contributed by atoms with Crippen LogP contribution < -0.4 is 14.8 Å². The van der Waals surface area contributed by atoms with Gasteiger partial charge in [-0.25, -0.2) is 4.39 Å². The number of rotatable bonds is 4. The molecule has 0 radical (unpaired) electrons. The number of ketones is 2. The Labute approximate surface area is 240 Å². The smallest absolute Gasteiger partial charge is 0.238 e. The molecule has 206 valence electrons. The number of nitrogens with zero attached hydrogens (tertiary/aromatic N) is 1. The highest BCUT2D eigenvalue weighted by molar-refractivity contribution is 6.16. The number of hydrogen-bond donors (Lipinski definition) is 1. The third-order valence-corrected chi connectivity index (χ3v) is 8.91. The van der Waals surface area contributed by atoms with Crippen LogP contribution in [0, 0.1) is 11.7 Å². The number of ether oxygens (including phenoxy) is 2. The average molecular weight is 559 g/mol. The van der Waals surface area contributed by atoms with Gasteiger partial charge < -0.3 is 19.7 Å². The van der Waals surface area contributed by atoms with Crippen LogP contribution in [0.5, 0.6) is 11.5 Å². The van der Waals surface area contributed by atoms with Crippen molar-refractivity contribution in [2.24, 2.45) is 5.92 Å². The third-order valence-electron chi connectivity index (χ3n) is 8.91. The fraction of sp³-hybridized carbons (Fsp3) is 0.147. The van der Waals surface area contributed by atoms with Crippen molar-refractivity contribution in [3.05, 3.63) is 131 Å². The largest absolute Gasteiger partial charge is 0.454 e. The quantitative estimate of drug-likeness (QED) is 0.332. The third kappa shape index (κ3) is 3.23. The standard InChI is InChI=1S/C34H23FN2O5/c35-22-12-9-20(10-13-22)30(38)28-29(31(39)21-11-14-26-27(17-21)42-18-41-26)37-16-15-19-5-1-2-6-23(19)32(37)34(28)24-7-3-4-8-25(24)36-33(34)40/h1-17,28-29,32H,18H2,(H,36,40)/t28-,29+,32-,34-/m1/s1. The minimum Gasteiger partial charge on any atom is -0.454 e. The summed E-state index contributed by atoms with van der Waals surface area (Å²) in [5, 5.41) is 3.02. The van der Waals surface area contributed by atoms with E-state index in [0.29, 0.717) is 28.3 Å². The van der Waals surface area contributed by atoms with Gasteiger partial charge >= 0.3 is 0 Å². The Bertz CT molecular complexity index is 1850. The van der Waals surface area contributed by atoms with Gasteiger partial charge in [0, 0.05) is 23.0 Å². The normalized spacial score (nSPS) is 24.3. The van der Waals surface area contributed by atoms with E-state index in [9.17, 15) is 18.8 Å². The van der Waals surface area contributed by atoms with E-state index in [4.69, 9.17) is 9.47 Å². The summed E-state index contributed by atoms with van der Waals surface area (Å²) in [4.78, 5) is 45.7. The van der Waals surface area contributed by atoms with Crippen molar-refractivity contribution in [3.8, 4) is 11.5 Å². The van der Waals surface area contributed by atoms with E-state index in [1.807, 2.05) is 65.7 Å². The molecule has 4 aliphatic heterocycles. The molecule has 4 atom stereocenters. The zero-order chi connectivity index (χ0) is 28.6. The Morgan fingerprint density at radius 3 is 2.45 bits per heavy atom. The van der Waals surface area contributed by atoms with Gasteiger partial charge in [-0.3, -0.25) is 14.4 Å². The molecule has 1 N–H and O–H groups in total. The molecule has 1 fully saturated rings. The molecular formula is C34H23FN2O5. The highest BCUT2D eigenvalue weighted by Gasteiger charge is 2.70. The van der Waals surface area contributed by atoms with Gasteiger partial charge in [-0.05, 0) is 71.3 Å². The minimum absolute atomic E-state index is 0.0515. The lowest BCUT2D eigenvalue weighted by Crippen LogP contribution is -2.49. The van der Waals surface area contributed by atoms with E-state index < -0.39 is 35.0 Å². The second-order valence-corrected chi connectivity index (χ2v) is 10.9. The molecule has 42 heavy (non-hydrogen) atoms. The van der Waals surface area contributed by atoms with Crippen LogP contribution in [0.2, 0.25) is 0 Å². The van der Waals surface area contributed by atoms with Crippen molar-refractivity contribution >= 4 is 29.2 Å².